The Morgan fingerprint density at radius 3 is 1.85 bits per heavy atom. The van der Waals surface area contributed by atoms with Crippen LogP contribution in [0.1, 0.15) is 34.1 Å². The molecular weight excluding hydrogens is 354 g/mol. The fourth-order valence-corrected chi connectivity index (χ4v) is 2.06. The number of nitro benzene ring substituents is 1. The van der Waals surface area contributed by atoms with Crippen molar-refractivity contribution >= 4 is 17.6 Å². The zero-order valence-corrected chi connectivity index (χ0v) is 14.8. The monoisotopic (exact) mass is 373 g/mol. The maximum atomic E-state index is 12.0. The molecule has 0 unspecified atom stereocenters. The lowest BCUT2D eigenvalue weighted by molar-refractivity contribution is -0.384. The van der Waals surface area contributed by atoms with Gasteiger partial charge in [0, 0.05) is 12.1 Å². The van der Waals surface area contributed by atoms with Crippen molar-refractivity contribution in [2.45, 2.75) is 13.3 Å². The number of carbonyl (C=O) groups is 2. The molecule has 0 saturated heterocycles. The van der Waals surface area contributed by atoms with Crippen molar-refractivity contribution in [1.82, 2.24) is 0 Å². The average Bonchev–Trinajstić information content (AvgIpc) is 2.69. The third-order valence-electron chi connectivity index (χ3n) is 3.43. The lowest BCUT2D eigenvalue weighted by Gasteiger charge is -2.08. The fraction of sp³-hybridized carbons (Fsp3) is 0.263. The van der Waals surface area contributed by atoms with Gasteiger partial charge in [-0.25, -0.2) is 9.59 Å². The van der Waals surface area contributed by atoms with Crippen molar-refractivity contribution in [3.8, 4) is 5.75 Å². The van der Waals surface area contributed by atoms with Crippen molar-refractivity contribution in [3.63, 3.8) is 0 Å². The van der Waals surface area contributed by atoms with E-state index in [2.05, 4.69) is 0 Å². The Morgan fingerprint density at radius 1 is 0.852 bits per heavy atom. The largest absolute Gasteiger partial charge is 0.490 e. The predicted octanol–water partition coefficient (Wildman–Crippen LogP) is 3.40. The van der Waals surface area contributed by atoms with Crippen molar-refractivity contribution in [1.29, 1.82) is 0 Å². The van der Waals surface area contributed by atoms with Crippen LogP contribution in [-0.4, -0.2) is 36.7 Å². The number of ether oxygens (including phenoxy) is 3. The van der Waals surface area contributed by atoms with Crippen LogP contribution in [0.4, 0.5) is 5.69 Å². The number of non-ortho nitro benzene ring substituents is 1. The number of carbonyl (C=O) groups excluding carboxylic acids is 2. The maximum absolute atomic E-state index is 12.0. The third-order valence-corrected chi connectivity index (χ3v) is 3.43. The van der Waals surface area contributed by atoms with Crippen LogP contribution in [0.15, 0.2) is 48.5 Å². The highest BCUT2D eigenvalue weighted by Gasteiger charge is 2.11. The van der Waals surface area contributed by atoms with Gasteiger partial charge in [0.2, 0.25) is 0 Å². The molecule has 0 atom stereocenters. The number of hydrogen-bond acceptors (Lipinski definition) is 7. The van der Waals surface area contributed by atoms with Gasteiger partial charge in [0.1, 0.15) is 19.0 Å². The van der Waals surface area contributed by atoms with Gasteiger partial charge in [-0.15, -0.1) is 0 Å². The number of hydrogen-bond donors (Lipinski definition) is 0. The minimum Gasteiger partial charge on any atom is -0.490 e. The van der Waals surface area contributed by atoms with Crippen LogP contribution in [0.25, 0.3) is 0 Å². The van der Waals surface area contributed by atoms with Crippen LogP contribution in [0.2, 0.25) is 0 Å². The number of nitro groups is 1. The van der Waals surface area contributed by atoms with Gasteiger partial charge >= 0.3 is 11.9 Å². The molecule has 2 aromatic carbocycles. The second kappa shape index (κ2) is 9.91. The van der Waals surface area contributed by atoms with Crippen LogP contribution in [0.3, 0.4) is 0 Å². The van der Waals surface area contributed by atoms with Crippen molar-refractivity contribution < 1.29 is 28.7 Å². The smallest absolute Gasteiger partial charge is 0.338 e. The average molecular weight is 373 g/mol. The Hall–Kier alpha value is -3.42. The highest BCUT2D eigenvalue weighted by molar-refractivity contribution is 5.93. The first-order valence-corrected chi connectivity index (χ1v) is 8.33. The molecule has 0 amide bonds. The Kier molecular flexibility index (Phi) is 7.30. The maximum Gasteiger partial charge on any atom is 0.338 e. The van der Waals surface area contributed by atoms with Gasteiger partial charge in [-0.2, -0.15) is 0 Å². The van der Waals surface area contributed by atoms with Crippen molar-refractivity contribution in [2.24, 2.45) is 0 Å². The summed E-state index contributed by atoms with van der Waals surface area (Å²) >= 11 is 0. The first-order chi connectivity index (χ1) is 13.0. The quantitative estimate of drug-likeness (QED) is 0.287. The topological polar surface area (TPSA) is 105 Å². The van der Waals surface area contributed by atoms with E-state index >= 15 is 0 Å². The number of rotatable bonds is 9. The molecule has 0 spiro atoms. The number of benzene rings is 2. The van der Waals surface area contributed by atoms with E-state index in [1.54, 1.807) is 0 Å². The van der Waals surface area contributed by atoms with Gasteiger partial charge in [-0.3, -0.25) is 10.1 Å². The Labute approximate surface area is 155 Å². The number of nitrogens with zero attached hydrogens (tertiary/aromatic N) is 1. The van der Waals surface area contributed by atoms with Gasteiger partial charge in [-0.1, -0.05) is 6.92 Å². The first kappa shape index (κ1) is 19.9. The molecule has 0 aliphatic carbocycles. The van der Waals surface area contributed by atoms with E-state index in [9.17, 15) is 19.7 Å². The van der Waals surface area contributed by atoms with E-state index in [-0.39, 0.29) is 18.9 Å². The molecule has 142 valence electrons. The summed E-state index contributed by atoms with van der Waals surface area (Å²) in [6, 6.07) is 11.6. The molecular formula is C19H19NO7. The van der Waals surface area contributed by atoms with Gasteiger partial charge in [0.05, 0.1) is 22.7 Å². The lowest BCUT2D eigenvalue weighted by atomic mass is 10.1. The van der Waals surface area contributed by atoms with Crippen LogP contribution in [0, 0.1) is 10.1 Å². The summed E-state index contributed by atoms with van der Waals surface area (Å²) in [6.45, 7) is 2.36. The van der Waals surface area contributed by atoms with Crippen molar-refractivity contribution in [3.05, 3.63) is 69.8 Å². The van der Waals surface area contributed by atoms with Crippen LogP contribution < -0.4 is 4.74 Å². The molecule has 0 heterocycles. The molecule has 0 bridgehead atoms. The molecule has 0 aliphatic heterocycles. The second-order valence-corrected chi connectivity index (χ2v) is 5.45. The predicted molar refractivity (Wildman–Crippen MR) is 95.9 cm³/mol. The highest BCUT2D eigenvalue weighted by Crippen LogP contribution is 2.17. The molecule has 8 heteroatoms. The zero-order chi connectivity index (χ0) is 19.6. The zero-order valence-electron chi connectivity index (χ0n) is 14.8. The van der Waals surface area contributed by atoms with Crippen LogP contribution in [0.5, 0.6) is 5.75 Å². The van der Waals surface area contributed by atoms with E-state index in [0.29, 0.717) is 23.5 Å². The second-order valence-electron chi connectivity index (χ2n) is 5.45. The summed E-state index contributed by atoms with van der Waals surface area (Å²) in [7, 11) is 0. The summed E-state index contributed by atoms with van der Waals surface area (Å²) in [5, 5.41) is 10.6. The molecule has 0 aromatic heterocycles. The molecule has 27 heavy (non-hydrogen) atoms. The Morgan fingerprint density at radius 2 is 1.37 bits per heavy atom. The van der Waals surface area contributed by atoms with Crippen LogP contribution in [-0.2, 0) is 9.47 Å². The van der Waals surface area contributed by atoms with Gasteiger partial charge in [0.15, 0.2) is 0 Å². The van der Waals surface area contributed by atoms with E-state index in [1.165, 1.54) is 48.5 Å². The first-order valence-electron chi connectivity index (χ1n) is 8.33. The molecule has 0 N–H and O–H groups in total. The van der Waals surface area contributed by atoms with Gasteiger partial charge in [-0.05, 0) is 42.8 Å². The molecule has 8 nitrogen and oxygen atoms in total. The molecule has 2 aromatic rings. The summed E-state index contributed by atoms with van der Waals surface area (Å²) in [6.07, 6.45) is 0.734. The van der Waals surface area contributed by atoms with Gasteiger partial charge < -0.3 is 14.2 Å². The normalized spacial score (nSPS) is 10.1. The third kappa shape index (κ3) is 6.10. The van der Waals surface area contributed by atoms with E-state index in [4.69, 9.17) is 14.2 Å². The van der Waals surface area contributed by atoms with Gasteiger partial charge in [0.25, 0.3) is 5.69 Å². The molecule has 0 saturated carbocycles. The molecule has 0 radical (unpaired) electrons. The fourth-order valence-electron chi connectivity index (χ4n) is 2.06. The minimum atomic E-state index is -0.546. The molecule has 0 fully saturated rings. The SMILES string of the molecule is CCCOC(=O)c1ccc(C(=O)OCCOc2ccc([N+](=O)[O-])cc2)cc1. The van der Waals surface area contributed by atoms with E-state index in [0.717, 1.165) is 6.42 Å². The summed E-state index contributed by atoms with van der Waals surface area (Å²) < 4.78 is 15.5. The lowest BCUT2D eigenvalue weighted by Crippen LogP contribution is -2.13. The summed E-state index contributed by atoms with van der Waals surface area (Å²) in [4.78, 5) is 33.7. The molecule has 2 rings (SSSR count). The highest BCUT2D eigenvalue weighted by atomic mass is 16.6. The Bertz CT molecular complexity index is 785. The summed E-state index contributed by atoms with van der Waals surface area (Å²) in [5.41, 5.74) is 0.634. The number of esters is 2. The standard InChI is InChI=1S/C19H19NO7/c1-2-11-26-18(21)14-3-5-15(6-4-14)19(22)27-13-12-25-17-9-7-16(8-10-17)20(23)24/h3-10H,2,11-13H2,1H3. The van der Waals surface area contributed by atoms with Crippen molar-refractivity contribution in [2.75, 3.05) is 19.8 Å². The van der Waals surface area contributed by atoms with E-state index in [1.807, 2.05) is 6.92 Å². The van der Waals surface area contributed by atoms with Crippen LogP contribution >= 0.6 is 0 Å². The minimum absolute atomic E-state index is 0.0100. The molecule has 0 aliphatic rings. The van der Waals surface area contributed by atoms with E-state index < -0.39 is 16.9 Å². The summed E-state index contributed by atoms with van der Waals surface area (Å²) in [5.74, 6) is -0.546. The Balaban J connectivity index is 1.76.